The number of aromatic nitrogens is 2. The highest BCUT2D eigenvalue weighted by molar-refractivity contribution is 6.33. The Morgan fingerprint density at radius 3 is 2.73 bits per heavy atom. The van der Waals surface area contributed by atoms with Crippen LogP contribution in [-0.4, -0.2) is 16.1 Å². The number of carbonyl (C=O) groups is 1. The predicted octanol–water partition coefficient (Wildman–Crippen LogP) is 2.55. The van der Waals surface area contributed by atoms with Crippen LogP contribution in [0.25, 0.3) is 11.3 Å². The molecule has 0 N–H and O–H groups in total. The third-order valence-electron chi connectivity index (χ3n) is 2.17. The maximum atomic E-state index is 10.6. The molecule has 0 amide bonds. The molecule has 0 spiro atoms. The molecule has 0 saturated carbocycles. The zero-order chi connectivity index (χ0) is 10.8. The molecule has 0 aliphatic rings. The zero-order valence-corrected chi connectivity index (χ0v) is 8.90. The second-order valence-corrected chi connectivity index (χ2v) is 3.58. The van der Waals surface area contributed by atoms with Crippen molar-refractivity contribution in [1.29, 1.82) is 0 Å². The Balaban J connectivity index is 2.58. The minimum atomic E-state index is 0.410. The summed E-state index contributed by atoms with van der Waals surface area (Å²) in [5.41, 5.74) is 2.12. The highest BCUT2D eigenvalue weighted by Gasteiger charge is 2.09. The highest BCUT2D eigenvalue weighted by Crippen LogP contribution is 2.27. The second-order valence-electron chi connectivity index (χ2n) is 3.18. The average molecular weight is 221 g/mol. The van der Waals surface area contributed by atoms with Crippen LogP contribution < -0.4 is 0 Å². The molecular weight excluding hydrogens is 212 g/mol. The van der Waals surface area contributed by atoms with Gasteiger partial charge in [-0.15, -0.1) is 0 Å². The molecule has 1 heterocycles. The standard InChI is InChI=1S/C11H9ClN2O/c1-14-11(6-8(7-15)13-14)9-4-2-3-5-10(9)12/h2-7H,1H3. The van der Waals surface area contributed by atoms with E-state index in [0.29, 0.717) is 10.7 Å². The minimum Gasteiger partial charge on any atom is -0.296 e. The lowest BCUT2D eigenvalue weighted by molar-refractivity contribution is 0.111. The Morgan fingerprint density at radius 2 is 2.13 bits per heavy atom. The Bertz CT molecular complexity index is 505. The number of hydrogen-bond acceptors (Lipinski definition) is 2. The van der Waals surface area contributed by atoms with Crippen LogP contribution in [0.5, 0.6) is 0 Å². The molecule has 2 rings (SSSR count). The first-order valence-corrected chi connectivity index (χ1v) is 4.84. The number of aldehydes is 1. The lowest BCUT2D eigenvalue weighted by Gasteiger charge is -2.03. The molecule has 0 unspecified atom stereocenters. The second kappa shape index (κ2) is 3.87. The van der Waals surface area contributed by atoms with Gasteiger partial charge >= 0.3 is 0 Å². The van der Waals surface area contributed by atoms with Crippen LogP contribution in [0.4, 0.5) is 0 Å². The van der Waals surface area contributed by atoms with Gasteiger partial charge in [-0.3, -0.25) is 9.48 Å². The van der Waals surface area contributed by atoms with Gasteiger partial charge in [-0.1, -0.05) is 29.8 Å². The fourth-order valence-electron chi connectivity index (χ4n) is 1.47. The molecule has 0 radical (unpaired) electrons. The fraction of sp³-hybridized carbons (Fsp3) is 0.0909. The van der Waals surface area contributed by atoms with E-state index in [-0.39, 0.29) is 0 Å². The van der Waals surface area contributed by atoms with Gasteiger partial charge in [0.05, 0.1) is 5.69 Å². The summed E-state index contributed by atoms with van der Waals surface area (Å²) in [6.45, 7) is 0. The number of carbonyl (C=O) groups excluding carboxylic acids is 1. The summed E-state index contributed by atoms with van der Waals surface area (Å²) in [6, 6.07) is 9.18. The smallest absolute Gasteiger partial charge is 0.170 e. The van der Waals surface area contributed by atoms with E-state index in [1.807, 2.05) is 24.3 Å². The number of nitrogens with zero attached hydrogens (tertiary/aromatic N) is 2. The molecule has 0 fully saturated rings. The highest BCUT2D eigenvalue weighted by atomic mass is 35.5. The first kappa shape index (κ1) is 9.93. The molecule has 15 heavy (non-hydrogen) atoms. The molecule has 4 heteroatoms. The van der Waals surface area contributed by atoms with Crippen LogP contribution in [0.1, 0.15) is 10.5 Å². The number of aryl methyl sites for hydroxylation is 1. The molecule has 0 saturated heterocycles. The van der Waals surface area contributed by atoms with E-state index in [1.165, 1.54) is 0 Å². The molecule has 0 bridgehead atoms. The molecular formula is C11H9ClN2O. The minimum absolute atomic E-state index is 0.410. The van der Waals surface area contributed by atoms with E-state index in [1.54, 1.807) is 17.8 Å². The molecule has 0 atom stereocenters. The molecule has 3 nitrogen and oxygen atoms in total. The summed E-state index contributed by atoms with van der Waals surface area (Å²) >= 11 is 6.05. The van der Waals surface area contributed by atoms with Crippen molar-refractivity contribution in [3.8, 4) is 11.3 Å². The molecule has 2 aromatic rings. The number of benzene rings is 1. The molecule has 76 valence electrons. The van der Waals surface area contributed by atoms with Gasteiger partial charge in [-0.25, -0.2) is 0 Å². The third kappa shape index (κ3) is 1.78. The predicted molar refractivity (Wildman–Crippen MR) is 59.0 cm³/mol. The maximum Gasteiger partial charge on any atom is 0.170 e. The largest absolute Gasteiger partial charge is 0.296 e. The van der Waals surface area contributed by atoms with Crippen LogP contribution in [0.3, 0.4) is 0 Å². The fourth-order valence-corrected chi connectivity index (χ4v) is 1.70. The van der Waals surface area contributed by atoms with Crippen molar-refractivity contribution < 1.29 is 4.79 Å². The summed E-state index contributed by atoms with van der Waals surface area (Å²) in [4.78, 5) is 10.6. The quantitative estimate of drug-likeness (QED) is 0.729. The number of halogens is 1. The summed E-state index contributed by atoms with van der Waals surface area (Å²) in [7, 11) is 1.78. The van der Waals surface area contributed by atoms with E-state index in [0.717, 1.165) is 17.5 Å². The lowest BCUT2D eigenvalue weighted by Crippen LogP contribution is -1.94. The molecule has 1 aromatic carbocycles. The van der Waals surface area contributed by atoms with Crippen molar-refractivity contribution in [2.24, 2.45) is 7.05 Å². The van der Waals surface area contributed by atoms with Crippen LogP contribution in [-0.2, 0) is 7.05 Å². The van der Waals surface area contributed by atoms with Crippen molar-refractivity contribution >= 4 is 17.9 Å². The van der Waals surface area contributed by atoms with Crippen molar-refractivity contribution in [1.82, 2.24) is 9.78 Å². The first-order valence-electron chi connectivity index (χ1n) is 4.46. The number of hydrogen-bond donors (Lipinski definition) is 0. The van der Waals surface area contributed by atoms with Gasteiger partial charge in [0.15, 0.2) is 6.29 Å². The third-order valence-corrected chi connectivity index (χ3v) is 2.50. The molecule has 0 aliphatic carbocycles. The van der Waals surface area contributed by atoms with Crippen LogP contribution in [0, 0.1) is 0 Å². The van der Waals surface area contributed by atoms with Gasteiger partial charge in [0, 0.05) is 17.6 Å². The Labute approximate surface area is 92.3 Å². The molecule has 1 aromatic heterocycles. The number of rotatable bonds is 2. The summed E-state index contributed by atoms with van der Waals surface area (Å²) in [5, 5.41) is 4.69. The zero-order valence-electron chi connectivity index (χ0n) is 8.14. The van der Waals surface area contributed by atoms with Crippen molar-refractivity contribution in [3.63, 3.8) is 0 Å². The van der Waals surface area contributed by atoms with Gasteiger partial charge in [0.25, 0.3) is 0 Å². The monoisotopic (exact) mass is 220 g/mol. The molecule has 0 aliphatic heterocycles. The SMILES string of the molecule is Cn1nc(C=O)cc1-c1ccccc1Cl. The normalized spacial score (nSPS) is 10.3. The van der Waals surface area contributed by atoms with E-state index in [9.17, 15) is 4.79 Å². The lowest BCUT2D eigenvalue weighted by atomic mass is 10.1. The van der Waals surface area contributed by atoms with Gasteiger partial charge < -0.3 is 0 Å². The summed E-state index contributed by atoms with van der Waals surface area (Å²) in [6.07, 6.45) is 0.723. The Hall–Kier alpha value is -1.61. The van der Waals surface area contributed by atoms with Crippen molar-refractivity contribution in [3.05, 3.63) is 41.0 Å². The van der Waals surface area contributed by atoms with Crippen LogP contribution in [0.15, 0.2) is 30.3 Å². The van der Waals surface area contributed by atoms with E-state index >= 15 is 0 Å². The van der Waals surface area contributed by atoms with E-state index < -0.39 is 0 Å². The summed E-state index contributed by atoms with van der Waals surface area (Å²) < 4.78 is 1.64. The average Bonchev–Trinajstić information content (AvgIpc) is 2.60. The van der Waals surface area contributed by atoms with E-state index in [4.69, 9.17) is 11.6 Å². The van der Waals surface area contributed by atoms with Crippen LogP contribution in [0.2, 0.25) is 5.02 Å². The first-order chi connectivity index (χ1) is 7.22. The topological polar surface area (TPSA) is 34.9 Å². The Morgan fingerprint density at radius 1 is 1.40 bits per heavy atom. The van der Waals surface area contributed by atoms with Gasteiger partial charge in [0.2, 0.25) is 0 Å². The van der Waals surface area contributed by atoms with Crippen molar-refractivity contribution in [2.75, 3.05) is 0 Å². The van der Waals surface area contributed by atoms with Gasteiger partial charge in [-0.05, 0) is 12.1 Å². The maximum absolute atomic E-state index is 10.6. The van der Waals surface area contributed by atoms with Gasteiger partial charge in [0.1, 0.15) is 5.69 Å². The van der Waals surface area contributed by atoms with Crippen LogP contribution >= 0.6 is 11.6 Å². The van der Waals surface area contributed by atoms with Crippen molar-refractivity contribution in [2.45, 2.75) is 0 Å². The Kier molecular flexibility index (Phi) is 2.56. The van der Waals surface area contributed by atoms with Gasteiger partial charge in [-0.2, -0.15) is 5.10 Å². The summed E-state index contributed by atoms with van der Waals surface area (Å²) in [5.74, 6) is 0. The van der Waals surface area contributed by atoms with E-state index in [2.05, 4.69) is 5.10 Å².